The van der Waals surface area contributed by atoms with Crippen LogP contribution in [0.2, 0.25) is 0 Å². The zero-order valence-electron chi connectivity index (χ0n) is 11.4. The van der Waals surface area contributed by atoms with Gasteiger partial charge in [0.2, 0.25) is 5.91 Å². The van der Waals surface area contributed by atoms with Gasteiger partial charge in [0.05, 0.1) is 6.20 Å². The Morgan fingerprint density at radius 2 is 2.28 bits per heavy atom. The van der Waals surface area contributed by atoms with Crippen molar-refractivity contribution in [2.75, 3.05) is 27.2 Å². The Hall–Kier alpha value is -1.40. The van der Waals surface area contributed by atoms with Crippen molar-refractivity contribution in [3.63, 3.8) is 0 Å². The van der Waals surface area contributed by atoms with Gasteiger partial charge in [-0.25, -0.2) is 0 Å². The number of aryl methyl sites for hydroxylation is 1. The molecular formula is C12H23N5O. The third-order valence-corrected chi connectivity index (χ3v) is 2.70. The lowest BCUT2D eigenvalue weighted by Gasteiger charge is -2.12. The average molecular weight is 253 g/mol. The van der Waals surface area contributed by atoms with Crippen LogP contribution in [0.3, 0.4) is 0 Å². The van der Waals surface area contributed by atoms with Crippen molar-refractivity contribution in [2.45, 2.75) is 18.9 Å². The molecule has 6 heteroatoms. The molecule has 0 saturated carbocycles. The minimum Gasteiger partial charge on any atom is -0.354 e. The Morgan fingerprint density at radius 3 is 2.83 bits per heavy atom. The lowest BCUT2D eigenvalue weighted by Crippen LogP contribution is -2.34. The smallest absolute Gasteiger partial charge is 0.241 e. The van der Waals surface area contributed by atoms with Gasteiger partial charge in [-0.2, -0.15) is 5.10 Å². The first-order valence-corrected chi connectivity index (χ1v) is 6.17. The van der Waals surface area contributed by atoms with Gasteiger partial charge in [-0.05, 0) is 33.5 Å². The fourth-order valence-electron chi connectivity index (χ4n) is 1.63. The van der Waals surface area contributed by atoms with Gasteiger partial charge in [0.15, 0.2) is 0 Å². The Morgan fingerprint density at radius 1 is 1.56 bits per heavy atom. The number of hydrogen-bond acceptors (Lipinski definition) is 4. The van der Waals surface area contributed by atoms with Crippen LogP contribution in [0.4, 0.5) is 0 Å². The van der Waals surface area contributed by atoms with E-state index in [1.165, 1.54) is 0 Å². The molecule has 18 heavy (non-hydrogen) atoms. The molecule has 1 rings (SSSR count). The monoisotopic (exact) mass is 253 g/mol. The Kier molecular flexibility index (Phi) is 5.80. The molecule has 0 spiro atoms. The summed E-state index contributed by atoms with van der Waals surface area (Å²) in [7, 11) is 5.88. The minimum atomic E-state index is -0.632. The summed E-state index contributed by atoms with van der Waals surface area (Å²) in [5.41, 5.74) is 6.58. The molecule has 1 amide bonds. The lowest BCUT2D eigenvalue weighted by molar-refractivity contribution is -0.122. The molecule has 1 unspecified atom stereocenters. The van der Waals surface area contributed by atoms with E-state index in [1.54, 1.807) is 24.1 Å². The van der Waals surface area contributed by atoms with Gasteiger partial charge < -0.3 is 16.0 Å². The number of amides is 1. The molecule has 102 valence electrons. The fraction of sp³-hybridized carbons (Fsp3) is 0.667. The maximum Gasteiger partial charge on any atom is 0.241 e. The van der Waals surface area contributed by atoms with Gasteiger partial charge in [-0.3, -0.25) is 9.48 Å². The van der Waals surface area contributed by atoms with E-state index >= 15 is 0 Å². The SMILES string of the molecule is CN(C)CCCCNC(=O)C(N)c1cnn(C)c1. The van der Waals surface area contributed by atoms with Crippen LogP contribution in [0.5, 0.6) is 0 Å². The normalized spacial score (nSPS) is 12.7. The largest absolute Gasteiger partial charge is 0.354 e. The number of carbonyl (C=O) groups excluding carboxylic acids is 1. The summed E-state index contributed by atoms with van der Waals surface area (Å²) < 4.78 is 1.64. The second-order valence-electron chi connectivity index (χ2n) is 4.73. The average Bonchev–Trinajstić information content (AvgIpc) is 2.73. The molecule has 1 aromatic heterocycles. The van der Waals surface area contributed by atoms with E-state index in [0.29, 0.717) is 6.54 Å². The fourth-order valence-corrected chi connectivity index (χ4v) is 1.63. The predicted molar refractivity (Wildman–Crippen MR) is 70.9 cm³/mol. The Balaban J connectivity index is 2.24. The van der Waals surface area contributed by atoms with Crippen LogP contribution in [0.1, 0.15) is 24.4 Å². The van der Waals surface area contributed by atoms with Crippen molar-refractivity contribution in [3.05, 3.63) is 18.0 Å². The molecule has 1 aromatic rings. The number of nitrogens with one attached hydrogen (secondary N) is 1. The van der Waals surface area contributed by atoms with Crippen LogP contribution in [0, 0.1) is 0 Å². The first-order valence-electron chi connectivity index (χ1n) is 6.17. The number of rotatable bonds is 7. The van der Waals surface area contributed by atoms with E-state index in [0.717, 1.165) is 24.9 Å². The van der Waals surface area contributed by atoms with Gasteiger partial charge in [0.1, 0.15) is 6.04 Å². The summed E-state index contributed by atoms with van der Waals surface area (Å²) in [6, 6.07) is -0.632. The number of aromatic nitrogens is 2. The summed E-state index contributed by atoms with van der Waals surface area (Å²) in [6.07, 6.45) is 5.41. The van der Waals surface area contributed by atoms with E-state index in [1.807, 2.05) is 14.1 Å². The van der Waals surface area contributed by atoms with Crippen molar-refractivity contribution in [1.82, 2.24) is 20.0 Å². The third-order valence-electron chi connectivity index (χ3n) is 2.70. The van der Waals surface area contributed by atoms with E-state index in [4.69, 9.17) is 5.73 Å². The Bertz CT molecular complexity index is 374. The first kappa shape index (κ1) is 14.7. The van der Waals surface area contributed by atoms with E-state index in [-0.39, 0.29) is 5.91 Å². The maximum absolute atomic E-state index is 11.8. The summed E-state index contributed by atoms with van der Waals surface area (Å²) in [6.45, 7) is 1.70. The number of hydrogen-bond donors (Lipinski definition) is 2. The summed E-state index contributed by atoms with van der Waals surface area (Å²) in [4.78, 5) is 13.9. The topological polar surface area (TPSA) is 76.2 Å². The minimum absolute atomic E-state index is 0.146. The van der Waals surface area contributed by atoms with Crippen LogP contribution in [-0.4, -0.2) is 47.8 Å². The van der Waals surface area contributed by atoms with Gasteiger partial charge >= 0.3 is 0 Å². The van der Waals surface area contributed by atoms with Crippen molar-refractivity contribution >= 4 is 5.91 Å². The zero-order chi connectivity index (χ0) is 13.5. The highest BCUT2D eigenvalue weighted by atomic mass is 16.2. The molecule has 0 fully saturated rings. The quantitative estimate of drug-likeness (QED) is 0.664. The molecule has 0 aromatic carbocycles. The molecule has 0 aliphatic carbocycles. The van der Waals surface area contributed by atoms with Crippen molar-refractivity contribution < 1.29 is 4.79 Å². The Labute approximate surface area is 108 Å². The van der Waals surface area contributed by atoms with Crippen LogP contribution in [-0.2, 0) is 11.8 Å². The maximum atomic E-state index is 11.8. The van der Waals surface area contributed by atoms with Gasteiger partial charge in [0.25, 0.3) is 0 Å². The molecular weight excluding hydrogens is 230 g/mol. The van der Waals surface area contributed by atoms with Crippen molar-refractivity contribution in [3.8, 4) is 0 Å². The van der Waals surface area contributed by atoms with Crippen LogP contribution < -0.4 is 11.1 Å². The zero-order valence-corrected chi connectivity index (χ0v) is 11.4. The lowest BCUT2D eigenvalue weighted by atomic mass is 10.1. The molecule has 0 radical (unpaired) electrons. The van der Waals surface area contributed by atoms with Crippen molar-refractivity contribution in [1.29, 1.82) is 0 Å². The van der Waals surface area contributed by atoms with Crippen molar-refractivity contribution in [2.24, 2.45) is 12.8 Å². The first-order chi connectivity index (χ1) is 8.50. The van der Waals surface area contributed by atoms with Gasteiger partial charge in [0, 0.05) is 25.4 Å². The summed E-state index contributed by atoms with van der Waals surface area (Å²) in [5, 5.41) is 6.84. The molecule has 6 nitrogen and oxygen atoms in total. The van der Waals surface area contributed by atoms with E-state index in [2.05, 4.69) is 15.3 Å². The van der Waals surface area contributed by atoms with Crippen LogP contribution >= 0.6 is 0 Å². The number of carbonyl (C=O) groups is 1. The second-order valence-corrected chi connectivity index (χ2v) is 4.73. The van der Waals surface area contributed by atoms with Gasteiger partial charge in [-0.1, -0.05) is 0 Å². The highest BCUT2D eigenvalue weighted by Gasteiger charge is 2.16. The summed E-state index contributed by atoms with van der Waals surface area (Å²) >= 11 is 0. The molecule has 1 atom stereocenters. The number of nitrogens with two attached hydrogens (primary N) is 1. The van der Waals surface area contributed by atoms with Gasteiger partial charge in [-0.15, -0.1) is 0 Å². The summed E-state index contributed by atoms with van der Waals surface area (Å²) in [5.74, 6) is -0.146. The molecule has 0 aliphatic heterocycles. The third kappa shape index (κ3) is 4.85. The highest BCUT2D eigenvalue weighted by molar-refractivity contribution is 5.82. The molecule has 3 N–H and O–H groups in total. The molecule has 0 saturated heterocycles. The predicted octanol–water partition coefficient (Wildman–Crippen LogP) is -0.122. The molecule has 0 bridgehead atoms. The highest BCUT2D eigenvalue weighted by Crippen LogP contribution is 2.08. The number of nitrogens with zero attached hydrogens (tertiary/aromatic N) is 3. The van der Waals surface area contributed by atoms with Crippen LogP contribution in [0.25, 0.3) is 0 Å². The van der Waals surface area contributed by atoms with E-state index in [9.17, 15) is 4.79 Å². The second kappa shape index (κ2) is 7.13. The van der Waals surface area contributed by atoms with E-state index < -0.39 is 6.04 Å². The molecule has 0 aliphatic rings. The number of unbranched alkanes of at least 4 members (excludes halogenated alkanes) is 1. The molecule has 1 heterocycles. The standard InChI is InChI=1S/C12H23N5O/c1-16(2)7-5-4-6-14-12(18)11(13)10-8-15-17(3)9-10/h8-9,11H,4-7,13H2,1-3H3,(H,14,18). The van der Waals surface area contributed by atoms with Crippen LogP contribution in [0.15, 0.2) is 12.4 Å².